The lowest BCUT2D eigenvalue weighted by molar-refractivity contribution is -0.139. The summed E-state index contributed by atoms with van der Waals surface area (Å²) >= 11 is 0. The van der Waals surface area contributed by atoms with E-state index in [0.717, 1.165) is 5.56 Å². The summed E-state index contributed by atoms with van der Waals surface area (Å²) in [5.74, 6) is -0.802. The SMILES string of the molecule is CC(C)(C)N(CC(=O)O)Cc1ccncc1. The normalized spacial score (nSPS) is 11.8. The summed E-state index contributed by atoms with van der Waals surface area (Å²) in [4.78, 5) is 16.7. The number of carbonyl (C=O) groups is 1. The predicted molar refractivity (Wildman–Crippen MR) is 62.0 cm³/mol. The highest BCUT2D eigenvalue weighted by Crippen LogP contribution is 2.16. The number of rotatable bonds is 4. The highest BCUT2D eigenvalue weighted by molar-refractivity contribution is 5.69. The van der Waals surface area contributed by atoms with Crippen LogP contribution in [0.1, 0.15) is 26.3 Å². The molecule has 0 aliphatic rings. The van der Waals surface area contributed by atoms with E-state index in [1.54, 1.807) is 12.4 Å². The molecule has 0 saturated carbocycles. The van der Waals surface area contributed by atoms with Gasteiger partial charge in [0.1, 0.15) is 0 Å². The molecule has 1 rings (SSSR count). The fraction of sp³-hybridized carbons (Fsp3) is 0.500. The molecular weight excluding hydrogens is 204 g/mol. The van der Waals surface area contributed by atoms with Gasteiger partial charge < -0.3 is 5.11 Å². The van der Waals surface area contributed by atoms with Crippen molar-refractivity contribution in [3.05, 3.63) is 30.1 Å². The van der Waals surface area contributed by atoms with Crippen LogP contribution in [0.25, 0.3) is 0 Å². The van der Waals surface area contributed by atoms with Crippen LogP contribution < -0.4 is 0 Å². The van der Waals surface area contributed by atoms with Gasteiger partial charge in [0.25, 0.3) is 0 Å². The summed E-state index contributed by atoms with van der Waals surface area (Å²) < 4.78 is 0. The van der Waals surface area contributed by atoms with Crippen molar-refractivity contribution in [2.75, 3.05) is 6.54 Å². The lowest BCUT2D eigenvalue weighted by atomic mass is 10.0. The van der Waals surface area contributed by atoms with Crippen LogP contribution in [0.2, 0.25) is 0 Å². The second kappa shape index (κ2) is 5.07. The molecule has 1 aromatic rings. The molecule has 4 nitrogen and oxygen atoms in total. The molecule has 0 bridgehead atoms. The molecule has 0 saturated heterocycles. The molecule has 0 atom stereocenters. The number of aromatic nitrogens is 1. The topological polar surface area (TPSA) is 53.4 Å². The van der Waals surface area contributed by atoms with Gasteiger partial charge in [-0.15, -0.1) is 0 Å². The smallest absolute Gasteiger partial charge is 0.317 e. The van der Waals surface area contributed by atoms with E-state index in [1.165, 1.54) is 0 Å². The van der Waals surface area contributed by atoms with Crippen LogP contribution in [0, 0.1) is 0 Å². The highest BCUT2D eigenvalue weighted by Gasteiger charge is 2.23. The maximum absolute atomic E-state index is 10.8. The molecule has 0 radical (unpaired) electrons. The van der Waals surface area contributed by atoms with E-state index in [0.29, 0.717) is 6.54 Å². The first-order chi connectivity index (χ1) is 7.39. The molecule has 0 spiro atoms. The minimum Gasteiger partial charge on any atom is -0.480 e. The van der Waals surface area contributed by atoms with Crippen molar-refractivity contribution in [2.24, 2.45) is 0 Å². The van der Waals surface area contributed by atoms with E-state index < -0.39 is 5.97 Å². The minimum absolute atomic E-state index is 0.0474. The quantitative estimate of drug-likeness (QED) is 0.843. The Morgan fingerprint density at radius 1 is 1.38 bits per heavy atom. The van der Waals surface area contributed by atoms with Gasteiger partial charge in [-0.05, 0) is 38.5 Å². The van der Waals surface area contributed by atoms with Crippen LogP contribution in [0.4, 0.5) is 0 Å². The zero-order valence-corrected chi connectivity index (χ0v) is 9.97. The number of aliphatic carboxylic acids is 1. The molecule has 0 amide bonds. The summed E-state index contributed by atoms with van der Waals surface area (Å²) in [5, 5.41) is 8.87. The molecule has 16 heavy (non-hydrogen) atoms. The van der Waals surface area contributed by atoms with E-state index >= 15 is 0 Å². The van der Waals surface area contributed by atoms with Gasteiger partial charge in [0.15, 0.2) is 0 Å². The average Bonchev–Trinajstić information content (AvgIpc) is 2.16. The molecule has 1 aromatic heterocycles. The van der Waals surface area contributed by atoms with Gasteiger partial charge >= 0.3 is 5.97 Å². The third-order valence-corrected chi connectivity index (χ3v) is 2.40. The van der Waals surface area contributed by atoms with Gasteiger partial charge in [-0.25, -0.2) is 0 Å². The summed E-state index contributed by atoms with van der Waals surface area (Å²) in [6, 6.07) is 3.81. The standard InChI is InChI=1S/C12H18N2O2/c1-12(2,3)14(9-11(15)16)8-10-4-6-13-7-5-10/h4-7H,8-9H2,1-3H3,(H,15,16). The van der Waals surface area contributed by atoms with Crippen LogP contribution in [0.15, 0.2) is 24.5 Å². The monoisotopic (exact) mass is 222 g/mol. The largest absolute Gasteiger partial charge is 0.480 e. The molecule has 4 heteroatoms. The third kappa shape index (κ3) is 3.98. The number of carboxylic acid groups (broad SMARTS) is 1. The van der Waals surface area contributed by atoms with Crippen molar-refractivity contribution in [3.63, 3.8) is 0 Å². The first-order valence-corrected chi connectivity index (χ1v) is 5.25. The molecule has 88 valence electrons. The van der Waals surface area contributed by atoms with Crippen LogP contribution >= 0.6 is 0 Å². The lowest BCUT2D eigenvalue weighted by Gasteiger charge is -2.34. The molecule has 0 fully saturated rings. The number of pyridine rings is 1. The summed E-state index contributed by atoms with van der Waals surface area (Å²) in [5.41, 5.74) is 0.910. The van der Waals surface area contributed by atoms with Crippen molar-refractivity contribution in [3.8, 4) is 0 Å². The van der Waals surface area contributed by atoms with Gasteiger partial charge in [0.05, 0.1) is 6.54 Å². The van der Waals surface area contributed by atoms with Crippen molar-refractivity contribution in [2.45, 2.75) is 32.9 Å². The van der Waals surface area contributed by atoms with Crippen LogP contribution in [-0.4, -0.2) is 33.0 Å². The Morgan fingerprint density at radius 3 is 2.38 bits per heavy atom. The Balaban J connectivity index is 2.75. The highest BCUT2D eigenvalue weighted by atomic mass is 16.4. The summed E-state index contributed by atoms with van der Waals surface area (Å²) in [6.07, 6.45) is 3.44. The fourth-order valence-electron chi connectivity index (χ4n) is 1.40. The minimum atomic E-state index is -0.802. The first kappa shape index (κ1) is 12.6. The molecule has 0 unspecified atom stereocenters. The van der Waals surface area contributed by atoms with E-state index in [1.807, 2.05) is 37.8 Å². The Hall–Kier alpha value is -1.42. The van der Waals surface area contributed by atoms with E-state index in [9.17, 15) is 4.79 Å². The maximum atomic E-state index is 10.8. The molecule has 1 N–H and O–H groups in total. The second-order valence-electron chi connectivity index (χ2n) is 4.78. The second-order valence-corrected chi connectivity index (χ2v) is 4.78. The van der Waals surface area contributed by atoms with Gasteiger partial charge in [-0.2, -0.15) is 0 Å². The van der Waals surface area contributed by atoms with Crippen LogP contribution in [0.3, 0.4) is 0 Å². The van der Waals surface area contributed by atoms with E-state index in [-0.39, 0.29) is 12.1 Å². The van der Waals surface area contributed by atoms with Gasteiger partial charge in [-0.3, -0.25) is 14.7 Å². The lowest BCUT2D eigenvalue weighted by Crippen LogP contribution is -2.43. The maximum Gasteiger partial charge on any atom is 0.317 e. The third-order valence-electron chi connectivity index (χ3n) is 2.40. The number of carboxylic acids is 1. The zero-order valence-electron chi connectivity index (χ0n) is 9.97. The summed E-state index contributed by atoms with van der Waals surface area (Å²) in [7, 11) is 0. The molecule has 0 aliphatic carbocycles. The summed E-state index contributed by atoms with van der Waals surface area (Å²) in [6.45, 7) is 6.70. The molecule has 1 heterocycles. The van der Waals surface area contributed by atoms with Gasteiger partial charge in [0, 0.05) is 24.5 Å². The Morgan fingerprint density at radius 2 is 1.94 bits per heavy atom. The van der Waals surface area contributed by atoms with Gasteiger partial charge in [-0.1, -0.05) is 0 Å². The molecule has 0 aliphatic heterocycles. The fourth-order valence-corrected chi connectivity index (χ4v) is 1.40. The Labute approximate surface area is 95.9 Å². The van der Waals surface area contributed by atoms with Crippen molar-refractivity contribution < 1.29 is 9.90 Å². The Bertz CT molecular complexity index is 344. The van der Waals surface area contributed by atoms with Crippen LogP contribution in [-0.2, 0) is 11.3 Å². The zero-order chi connectivity index (χ0) is 12.2. The van der Waals surface area contributed by atoms with Gasteiger partial charge in [0.2, 0.25) is 0 Å². The van der Waals surface area contributed by atoms with E-state index in [2.05, 4.69) is 4.98 Å². The van der Waals surface area contributed by atoms with Crippen molar-refractivity contribution in [1.29, 1.82) is 0 Å². The number of nitrogens with zero attached hydrogens (tertiary/aromatic N) is 2. The number of hydrogen-bond acceptors (Lipinski definition) is 3. The van der Waals surface area contributed by atoms with Crippen molar-refractivity contribution in [1.82, 2.24) is 9.88 Å². The van der Waals surface area contributed by atoms with Crippen molar-refractivity contribution >= 4 is 5.97 Å². The first-order valence-electron chi connectivity index (χ1n) is 5.25. The van der Waals surface area contributed by atoms with E-state index in [4.69, 9.17) is 5.11 Å². The average molecular weight is 222 g/mol. The molecule has 0 aromatic carbocycles. The Kier molecular flexibility index (Phi) is 4.01. The predicted octanol–water partition coefficient (Wildman–Crippen LogP) is 1.77. The molecular formula is C12H18N2O2. The number of hydrogen-bond donors (Lipinski definition) is 1. The van der Waals surface area contributed by atoms with Crippen LogP contribution in [0.5, 0.6) is 0 Å².